The Bertz CT molecular complexity index is 674. The van der Waals surface area contributed by atoms with Crippen LogP contribution in [0, 0.1) is 13.8 Å². The van der Waals surface area contributed by atoms with E-state index < -0.39 is 10.0 Å². The minimum atomic E-state index is -3.70. The number of sulfonamides is 1. The molecule has 0 aliphatic heterocycles. The zero-order chi connectivity index (χ0) is 13.3. The Morgan fingerprint density at radius 3 is 2.61 bits per heavy atom. The number of rotatable bonds is 3. The van der Waals surface area contributed by atoms with Crippen LogP contribution < -0.4 is 5.14 Å². The Hall–Kier alpha value is -1.66. The van der Waals surface area contributed by atoms with Crippen LogP contribution in [0.1, 0.15) is 16.8 Å². The molecule has 0 aliphatic carbocycles. The van der Waals surface area contributed by atoms with Crippen molar-refractivity contribution in [3.05, 3.63) is 47.3 Å². The lowest BCUT2D eigenvalue weighted by molar-refractivity contribution is 0.596. The first kappa shape index (κ1) is 12.8. The van der Waals surface area contributed by atoms with Crippen LogP contribution in [0.3, 0.4) is 0 Å². The van der Waals surface area contributed by atoms with E-state index in [1.165, 1.54) is 6.20 Å². The van der Waals surface area contributed by atoms with Gasteiger partial charge >= 0.3 is 0 Å². The second-order valence-corrected chi connectivity index (χ2v) is 5.82. The summed E-state index contributed by atoms with van der Waals surface area (Å²) in [5.74, 6) is 0. The van der Waals surface area contributed by atoms with Crippen molar-refractivity contribution in [3.8, 4) is 0 Å². The normalized spacial score (nSPS) is 11.7. The summed E-state index contributed by atoms with van der Waals surface area (Å²) in [7, 11) is -3.70. The van der Waals surface area contributed by atoms with E-state index in [1.807, 2.05) is 31.2 Å². The van der Waals surface area contributed by atoms with Gasteiger partial charge in [0, 0.05) is 0 Å². The van der Waals surface area contributed by atoms with Gasteiger partial charge in [-0.25, -0.2) is 13.6 Å². The summed E-state index contributed by atoms with van der Waals surface area (Å²) in [4.78, 5) is 0.0788. The van der Waals surface area contributed by atoms with E-state index >= 15 is 0 Å². The number of benzene rings is 1. The van der Waals surface area contributed by atoms with Crippen molar-refractivity contribution < 1.29 is 8.42 Å². The van der Waals surface area contributed by atoms with Crippen LogP contribution in [0.25, 0.3) is 0 Å². The van der Waals surface area contributed by atoms with Crippen LogP contribution in [0.2, 0.25) is 0 Å². The van der Waals surface area contributed by atoms with Crippen molar-refractivity contribution in [1.29, 1.82) is 0 Å². The molecule has 0 bridgehead atoms. The molecular weight excluding hydrogens is 250 g/mol. The first-order chi connectivity index (χ1) is 8.38. The molecule has 1 aromatic heterocycles. The number of aromatic nitrogens is 2. The van der Waals surface area contributed by atoms with E-state index in [4.69, 9.17) is 5.14 Å². The van der Waals surface area contributed by atoms with Crippen LogP contribution >= 0.6 is 0 Å². The summed E-state index contributed by atoms with van der Waals surface area (Å²) >= 11 is 0. The van der Waals surface area contributed by atoms with Crippen molar-refractivity contribution in [3.63, 3.8) is 0 Å². The standard InChI is InChI=1S/C12H15N3O2S/c1-9-4-3-5-11(6-9)8-15-10(2)12(7-14-15)18(13,16)17/h3-7H,8H2,1-2H3,(H2,13,16,17). The molecule has 0 amide bonds. The van der Waals surface area contributed by atoms with Gasteiger partial charge in [-0.2, -0.15) is 5.10 Å². The number of aryl methyl sites for hydroxylation is 1. The number of hydrogen-bond donors (Lipinski definition) is 1. The fourth-order valence-electron chi connectivity index (χ4n) is 1.85. The molecule has 1 aromatic carbocycles. The zero-order valence-electron chi connectivity index (χ0n) is 10.3. The summed E-state index contributed by atoms with van der Waals surface area (Å²) in [5.41, 5.74) is 2.78. The summed E-state index contributed by atoms with van der Waals surface area (Å²) in [6.07, 6.45) is 1.29. The van der Waals surface area contributed by atoms with E-state index in [0.717, 1.165) is 11.1 Å². The summed E-state index contributed by atoms with van der Waals surface area (Å²) < 4.78 is 24.2. The Labute approximate surface area is 106 Å². The first-order valence-corrected chi connectivity index (χ1v) is 7.03. The van der Waals surface area contributed by atoms with Gasteiger partial charge in [0.25, 0.3) is 0 Å². The highest BCUT2D eigenvalue weighted by Crippen LogP contribution is 2.14. The van der Waals surface area contributed by atoms with E-state index in [0.29, 0.717) is 12.2 Å². The van der Waals surface area contributed by atoms with Crippen molar-refractivity contribution in [2.24, 2.45) is 5.14 Å². The van der Waals surface area contributed by atoms with Gasteiger partial charge in [-0.15, -0.1) is 0 Å². The van der Waals surface area contributed by atoms with Gasteiger partial charge in [-0.1, -0.05) is 29.8 Å². The van der Waals surface area contributed by atoms with Crippen LogP contribution in [0.15, 0.2) is 35.4 Å². The number of hydrogen-bond acceptors (Lipinski definition) is 3. The molecule has 2 N–H and O–H groups in total. The van der Waals surface area contributed by atoms with E-state index in [2.05, 4.69) is 5.10 Å². The van der Waals surface area contributed by atoms with Crippen molar-refractivity contribution in [2.45, 2.75) is 25.3 Å². The number of primary sulfonamides is 1. The molecule has 1 heterocycles. The van der Waals surface area contributed by atoms with E-state index in [9.17, 15) is 8.42 Å². The maximum atomic E-state index is 11.3. The summed E-state index contributed by atoms with van der Waals surface area (Å²) in [6, 6.07) is 7.99. The predicted octanol–water partition coefficient (Wildman–Crippen LogP) is 1.20. The number of nitrogens with two attached hydrogens (primary N) is 1. The molecule has 0 radical (unpaired) electrons. The SMILES string of the molecule is Cc1cccc(Cn2ncc(S(N)(=O)=O)c2C)c1. The highest BCUT2D eigenvalue weighted by atomic mass is 32.2. The minimum Gasteiger partial charge on any atom is -0.264 e. The van der Waals surface area contributed by atoms with Gasteiger partial charge < -0.3 is 0 Å². The zero-order valence-corrected chi connectivity index (χ0v) is 11.1. The molecule has 5 nitrogen and oxygen atoms in total. The predicted molar refractivity (Wildman–Crippen MR) is 68.6 cm³/mol. The van der Waals surface area contributed by atoms with Gasteiger partial charge in [-0.05, 0) is 19.4 Å². The van der Waals surface area contributed by atoms with Crippen LogP contribution in [-0.4, -0.2) is 18.2 Å². The molecule has 0 saturated heterocycles. The summed E-state index contributed by atoms with van der Waals surface area (Å²) in [5, 5.41) is 9.17. The van der Waals surface area contributed by atoms with E-state index in [1.54, 1.807) is 11.6 Å². The Kier molecular flexibility index (Phi) is 3.23. The minimum absolute atomic E-state index is 0.0788. The average Bonchev–Trinajstić information content (AvgIpc) is 2.60. The van der Waals surface area contributed by atoms with E-state index in [-0.39, 0.29) is 4.90 Å². The molecule has 0 atom stereocenters. The van der Waals surface area contributed by atoms with Crippen molar-refractivity contribution >= 4 is 10.0 Å². The average molecular weight is 265 g/mol. The van der Waals surface area contributed by atoms with Crippen molar-refractivity contribution in [2.75, 3.05) is 0 Å². The third kappa shape index (κ3) is 2.60. The molecule has 6 heteroatoms. The third-order valence-corrected chi connectivity index (χ3v) is 3.79. The molecule has 0 fully saturated rings. The molecule has 96 valence electrons. The molecule has 0 aliphatic rings. The van der Waals surface area contributed by atoms with Crippen LogP contribution in [-0.2, 0) is 16.6 Å². The molecule has 0 spiro atoms. The lowest BCUT2D eigenvalue weighted by Crippen LogP contribution is -2.13. The van der Waals surface area contributed by atoms with Crippen molar-refractivity contribution in [1.82, 2.24) is 9.78 Å². The Balaban J connectivity index is 2.34. The highest BCUT2D eigenvalue weighted by molar-refractivity contribution is 7.89. The Morgan fingerprint density at radius 2 is 2.06 bits per heavy atom. The monoisotopic (exact) mass is 265 g/mol. The van der Waals surface area contributed by atoms with Gasteiger partial charge in [0.1, 0.15) is 4.90 Å². The second kappa shape index (κ2) is 4.55. The molecular formula is C12H15N3O2S. The lowest BCUT2D eigenvalue weighted by Gasteiger charge is -2.06. The third-order valence-electron chi connectivity index (χ3n) is 2.78. The Morgan fingerprint density at radius 1 is 1.33 bits per heavy atom. The fourth-order valence-corrected chi connectivity index (χ4v) is 2.56. The molecule has 18 heavy (non-hydrogen) atoms. The number of nitrogens with zero attached hydrogens (tertiary/aromatic N) is 2. The van der Waals surface area contributed by atoms with Gasteiger partial charge in [0.15, 0.2) is 0 Å². The molecule has 2 aromatic rings. The lowest BCUT2D eigenvalue weighted by atomic mass is 10.1. The molecule has 0 unspecified atom stereocenters. The topological polar surface area (TPSA) is 78.0 Å². The fraction of sp³-hybridized carbons (Fsp3) is 0.250. The summed E-state index contributed by atoms with van der Waals surface area (Å²) in [6.45, 7) is 4.24. The van der Waals surface area contributed by atoms with Gasteiger partial charge in [-0.3, -0.25) is 4.68 Å². The second-order valence-electron chi connectivity index (χ2n) is 4.29. The maximum absolute atomic E-state index is 11.3. The molecule has 0 saturated carbocycles. The van der Waals surface area contributed by atoms with Crippen LogP contribution in [0.5, 0.6) is 0 Å². The van der Waals surface area contributed by atoms with Gasteiger partial charge in [0.2, 0.25) is 10.0 Å². The highest BCUT2D eigenvalue weighted by Gasteiger charge is 2.16. The smallest absolute Gasteiger partial charge is 0.241 e. The first-order valence-electron chi connectivity index (χ1n) is 5.48. The largest absolute Gasteiger partial charge is 0.264 e. The molecule has 2 rings (SSSR count). The van der Waals surface area contributed by atoms with Crippen LogP contribution in [0.4, 0.5) is 0 Å². The quantitative estimate of drug-likeness (QED) is 0.905. The maximum Gasteiger partial charge on any atom is 0.241 e. The van der Waals surface area contributed by atoms with Gasteiger partial charge in [0.05, 0.1) is 18.4 Å².